The number of benzene rings is 2. The van der Waals surface area contributed by atoms with Crippen molar-refractivity contribution in [2.75, 3.05) is 23.8 Å². The monoisotopic (exact) mass is 440 g/mol. The van der Waals surface area contributed by atoms with Crippen LogP contribution in [0.3, 0.4) is 0 Å². The SMILES string of the molecule is Cc1ccccc1NC(=O)COC(=O)CCC(=O)Nc1cccc(C(=O)OCC(C)C)c1. The topological polar surface area (TPSA) is 111 Å². The number of para-hydroxylation sites is 1. The van der Waals surface area contributed by atoms with Gasteiger partial charge in [-0.15, -0.1) is 0 Å². The van der Waals surface area contributed by atoms with Crippen LogP contribution in [-0.2, 0) is 23.9 Å². The molecule has 8 nitrogen and oxygen atoms in total. The normalized spacial score (nSPS) is 10.4. The molecule has 2 N–H and O–H groups in total. The first-order chi connectivity index (χ1) is 15.2. The number of carbonyl (C=O) groups excluding carboxylic acids is 4. The zero-order valence-corrected chi connectivity index (χ0v) is 18.5. The van der Waals surface area contributed by atoms with Crippen LogP contribution in [0, 0.1) is 12.8 Å². The third-order valence-corrected chi connectivity index (χ3v) is 4.27. The van der Waals surface area contributed by atoms with Crippen molar-refractivity contribution in [2.45, 2.75) is 33.6 Å². The molecular weight excluding hydrogens is 412 g/mol. The Labute approximate surface area is 187 Å². The molecule has 0 fully saturated rings. The van der Waals surface area contributed by atoms with Gasteiger partial charge in [0, 0.05) is 17.8 Å². The molecule has 0 saturated carbocycles. The Morgan fingerprint density at radius 3 is 2.34 bits per heavy atom. The second-order valence-electron chi connectivity index (χ2n) is 7.65. The highest BCUT2D eigenvalue weighted by Crippen LogP contribution is 2.14. The van der Waals surface area contributed by atoms with Crippen molar-refractivity contribution in [1.82, 2.24) is 0 Å². The smallest absolute Gasteiger partial charge is 0.338 e. The fourth-order valence-corrected chi connectivity index (χ4v) is 2.61. The number of anilines is 2. The van der Waals surface area contributed by atoms with Gasteiger partial charge in [0.15, 0.2) is 6.61 Å². The molecule has 0 aliphatic rings. The number of amides is 2. The van der Waals surface area contributed by atoms with E-state index in [-0.39, 0.29) is 18.8 Å². The number of esters is 2. The lowest BCUT2D eigenvalue weighted by atomic mass is 10.2. The minimum absolute atomic E-state index is 0.125. The van der Waals surface area contributed by atoms with Crippen LogP contribution in [0.5, 0.6) is 0 Å². The van der Waals surface area contributed by atoms with Gasteiger partial charge >= 0.3 is 11.9 Å². The van der Waals surface area contributed by atoms with Crippen LogP contribution in [0.25, 0.3) is 0 Å². The summed E-state index contributed by atoms with van der Waals surface area (Å²) in [5.74, 6) is -1.79. The lowest BCUT2D eigenvalue weighted by Crippen LogP contribution is -2.22. The maximum atomic E-state index is 12.1. The molecule has 0 saturated heterocycles. The molecule has 170 valence electrons. The molecule has 0 aromatic heterocycles. The van der Waals surface area contributed by atoms with E-state index >= 15 is 0 Å². The minimum atomic E-state index is -0.661. The summed E-state index contributed by atoms with van der Waals surface area (Å²) in [7, 11) is 0. The van der Waals surface area contributed by atoms with E-state index < -0.39 is 30.4 Å². The number of hydrogen-bond donors (Lipinski definition) is 2. The molecule has 32 heavy (non-hydrogen) atoms. The number of nitrogens with one attached hydrogen (secondary N) is 2. The number of ether oxygens (including phenoxy) is 2. The second-order valence-corrected chi connectivity index (χ2v) is 7.65. The number of rotatable bonds is 10. The van der Waals surface area contributed by atoms with Crippen molar-refractivity contribution in [1.29, 1.82) is 0 Å². The van der Waals surface area contributed by atoms with Gasteiger partial charge in [-0.1, -0.05) is 38.1 Å². The molecule has 2 aromatic carbocycles. The zero-order chi connectivity index (χ0) is 23.5. The molecule has 2 amide bonds. The quantitative estimate of drug-likeness (QED) is 0.545. The highest BCUT2D eigenvalue weighted by molar-refractivity contribution is 5.96. The van der Waals surface area contributed by atoms with Crippen molar-refractivity contribution in [3.05, 3.63) is 59.7 Å². The van der Waals surface area contributed by atoms with Crippen LogP contribution in [0.15, 0.2) is 48.5 Å². The molecular formula is C24H28N2O6. The maximum Gasteiger partial charge on any atom is 0.338 e. The van der Waals surface area contributed by atoms with E-state index in [9.17, 15) is 19.2 Å². The molecule has 8 heteroatoms. The largest absolute Gasteiger partial charge is 0.462 e. The second kappa shape index (κ2) is 12.2. The molecule has 0 aliphatic heterocycles. The molecule has 0 heterocycles. The Morgan fingerprint density at radius 2 is 1.62 bits per heavy atom. The molecule has 0 atom stereocenters. The van der Waals surface area contributed by atoms with Gasteiger partial charge in [-0.3, -0.25) is 14.4 Å². The Morgan fingerprint density at radius 1 is 0.875 bits per heavy atom. The van der Waals surface area contributed by atoms with Crippen LogP contribution in [0.4, 0.5) is 11.4 Å². The molecule has 0 aliphatic carbocycles. The summed E-state index contributed by atoms with van der Waals surface area (Å²) < 4.78 is 10.1. The lowest BCUT2D eigenvalue weighted by Gasteiger charge is -2.10. The molecule has 0 bridgehead atoms. The summed E-state index contributed by atoms with van der Waals surface area (Å²) >= 11 is 0. The fourth-order valence-electron chi connectivity index (χ4n) is 2.61. The van der Waals surface area contributed by atoms with E-state index in [1.165, 1.54) is 6.07 Å². The summed E-state index contributed by atoms with van der Waals surface area (Å²) in [6.45, 7) is 5.59. The van der Waals surface area contributed by atoms with Gasteiger partial charge in [-0.05, 0) is 42.7 Å². The summed E-state index contributed by atoms with van der Waals surface area (Å²) in [6, 6.07) is 13.6. The van der Waals surface area contributed by atoms with E-state index in [0.717, 1.165) is 5.56 Å². The summed E-state index contributed by atoms with van der Waals surface area (Å²) in [6.07, 6.45) is -0.306. The molecule has 0 unspecified atom stereocenters. The number of carbonyl (C=O) groups is 4. The van der Waals surface area contributed by atoms with Crippen LogP contribution in [0.1, 0.15) is 42.6 Å². The highest BCUT2D eigenvalue weighted by atomic mass is 16.5. The van der Waals surface area contributed by atoms with Crippen molar-refractivity contribution < 1.29 is 28.7 Å². The first kappa shape index (κ1) is 24.6. The van der Waals surface area contributed by atoms with Gasteiger partial charge < -0.3 is 20.1 Å². The predicted molar refractivity (Wildman–Crippen MR) is 120 cm³/mol. The van der Waals surface area contributed by atoms with Gasteiger partial charge in [-0.2, -0.15) is 0 Å². The Balaban J connectivity index is 1.74. The van der Waals surface area contributed by atoms with Gasteiger partial charge in [0.05, 0.1) is 18.6 Å². The third-order valence-electron chi connectivity index (χ3n) is 4.27. The third kappa shape index (κ3) is 8.59. The van der Waals surface area contributed by atoms with Gasteiger partial charge in [0.1, 0.15) is 0 Å². The Bertz CT molecular complexity index is 970. The van der Waals surface area contributed by atoms with Crippen LogP contribution in [0.2, 0.25) is 0 Å². The van der Waals surface area contributed by atoms with Crippen LogP contribution in [-0.4, -0.2) is 37.0 Å². The van der Waals surface area contributed by atoms with Crippen LogP contribution >= 0.6 is 0 Å². The first-order valence-corrected chi connectivity index (χ1v) is 10.3. The van der Waals surface area contributed by atoms with Crippen molar-refractivity contribution in [2.24, 2.45) is 5.92 Å². The zero-order valence-electron chi connectivity index (χ0n) is 18.5. The van der Waals surface area contributed by atoms with Gasteiger partial charge in [0.2, 0.25) is 5.91 Å². The Hall–Kier alpha value is -3.68. The average Bonchev–Trinajstić information content (AvgIpc) is 2.76. The number of aryl methyl sites for hydroxylation is 1. The number of hydrogen-bond acceptors (Lipinski definition) is 6. The standard InChI is InChI=1S/C24H28N2O6/c1-16(2)14-32-24(30)18-8-6-9-19(13-18)25-21(27)11-12-23(29)31-15-22(28)26-20-10-5-4-7-17(20)3/h4-10,13,16H,11-12,14-15H2,1-3H3,(H,25,27)(H,26,28). The predicted octanol–water partition coefficient (Wildman–Crippen LogP) is 3.71. The molecule has 2 aromatic rings. The Kier molecular flexibility index (Phi) is 9.41. The van der Waals surface area contributed by atoms with E-state index in [0.29, 0.717) is 23.5 Å². The van der Waals surface area contributed by atoms with Crippen molar-refractivity contribution in [3.63, 3.8) is 0 Å². The molecule has 2 rings (SSSR count). The van der Waals surface area contributed by atoms with E-state index in [2.05, 4.69) is 10.6 Å². The average molecular weight is 440 g/mol. The van der Waals surface area contributed by atoms with Crippen molar-refractivity contribution in [3.8, 4) is 0 Å². The highest BCUT2D eigenvalue weighted by Gasteiger charge is 2.13. The lowest BCUT2D eigenvalue weighted by molar-refractivity contribution is -0.147. The van der Waals surface area contributed by atoms with E-state index in [1.54, 1.807) is 30.3 Å². The van der Waals surface area contributed by atoms with Crippen LogP contribution < -0.4 is 10.6 Å². The summed E-state index contributed by atoms with van der Waals surface area (Å²) in [5.41, 5.74) is 2.27. The fraction of sp³-hybridized carbons (Fsp3) is 0.333. The minimum Gasteiger partial charge on any atom is -0.462 e. The van der Waals surface area contributed by atoms with Gasteiger partial charge in [0.25, 0.3) is 5.91 Å². The molecule has 0 spiro atoms. The summed E-state index contributed by atoms with van der Waals surface area (Å²) in [5, 5.41) is 5.29. The molecule has 0 radical (unpaired) electrons. The van der Waals surface area contributed by atoms with Crippen molar-refractivity contribution >= 4 is 35.1 Å². The van der Waals surface area contributed by atoms with E-state index in [1.807, 2.05) is 32.9 Å². The van der Waals surface area contributed by atoms with E-state index in [4.69, 9.17) is 9.47 Å². The van der Waals surface area contributed by atoms with Gasteiger partial charge in [-0.25, -0.2) is 4.79 Å². The maximum absolute atomic E-state index is 12.1. The first-order valence-electron chi connectivity index (χ1n) is 10.3. The summed E-state index contributed by atoms with van der Waals surface area (Å²) in [4.78, 5) is 47.9.